The molecule has 1 nitrogen and oxygen atoms in total. The van der Waals surface area contributed by atoms with Crippen LogP contribution in [0.15, 0.2) is 0 Å². The second-order valence-corrected chi connectivity index (χ2v) is 5.73. The Labute approximate surface area is 96.2 Å². The first kappa shape index (κ1) is 13.0. The summed E-state index contributed by atoms with van der Waals surface area (Å²) in [5, 5.41) is 0. The molecule has 0 radical (unpaired) electrons. The van der Waals surface area contributed by atoms with Crippen LogP contribution in [-0.2, 0) is 0 Å². The van der Waals surface area contributed by atoms with Crippen LogP contribution in [-0.4, -0.2) is 24.0 Å². The lowest BCUT2D eigenvalue weighted by molar-refractivity contribution is 0.225. The highest BCUT2D eigenvalue weighted by Gasteiger charge is 2.40. The Kier molecular flexibility index (Phi) is 5.11. The van der Waals surface area contributed by atoms with Crippen LogP contribution in [0.1, 0.15) is 66.2 Å². The predicted molar refractivity (Wildman–Crippen MR) is 68.2 cm³/mol. The molecule has 0 aromatic rings. The summed E-state index contributed by atoms with van der Waals surface area (Å²) in [5.74, 6) is 0. The Morgan fingerprint density at radius 1 is 1.07 bits per heavy atom. The molecule has 1 aliphatic carbocycles. The zero-order valence-corrected chi connectivity index (χ0v) is 11.2. The van der Waals surface area contributed by atoms with E-state index in [4.69, 9.17) is 0 Å². The van der Waals surface area contributed by atoms with E-state index in [1.807, 2.05) is 0 Å². The first-order valence-corrected chi connectivity index (χ1v) is 6.87. The van der Waals surface area contributed by atoms with Crippen molar-refractivity contribution in [3.05, 3.63) is 0 Å². The molecule has 0 bridgehead atoms. The minimum Gasteiger partial charge on any atom is -0.300 e. The fourth-order valence-electron chi connectivity index (χ4n) is 2.94. The smallest absolute Gasteiger partial charge is 0.00412 e. The Balaban J connectivity index is 0.000000337. The van der Waals surface area contributed by atoms with Crippen LogP contribution in [0.2, 0.25) is 0 Å². The predicted octanol–water partition coefficient (Wildman–Crippen LogP) is 4.08. The largest absolute Gasteiger partial charge is 0.300 e. The maximum atomic E-state index is 2.66. The van der Waals surface area contributed by atoms with Gasteiger partial charge in [-0.25, -0.2) is 0 Å². The van der Waals surface area contributed by atoms with Gasteiger partial charge in [-0.1, -0.05) is 33.1 Å². The highest BCUT2D eigenvalue weighted by atomic mass is 15.2. The molecule has 90 valence electrons. The molecule has 2 aliphatic rings. The lowest BCUT2D eigenvalue weighted by Crippen LogP contribution is -2.30. The number of hydrogen-bond acceptors (Lipinski definition) is 1. The number of rotatable bonds is 1. The van der Waals surface area contributed by atoms with Crippen molar-refractivity contribution in [3.63, 3.8) is 0 Å². The molecular weight excluding hydrogens is 182 g/mol. The van der Waals surface area contributed by atoms with Crippen LogP contribution in [0, 0.1) is 5.41 Å². The van der Waals surface area contributed by atoms with E-state index in [1.165, 1.54) is 51.6 Å². The van der Waals surface area contributed by atoms with Crippen LogP contribution in [0.5, 0.6) is 0 Å². The number of likely N-dealkylation sites (tertiary alicyclic amines) is 1. The van der Waals surface area contributed by atoms with Gasteiger partial charge in [0, 0.05) is 12.6 Å². The van der Waals surface area contributed by atoms with Gasteiger partial charge in [0.1, 0.15) is 0 Å². The highest BCUT2D eigenvalue weighted by Crippen LogP contribution is 2.45. The summed E-state index contributed by atoms with van der Waals surface area (Å²) < 4.78 is 0. The van der Waals surface area contributed by atoms with E-state index < -0.39 is 0 Å². The first-order valence-electron chi connectivity index (χ1n) is 6.87. The van der Waals surface area contributed by atoms with E-state index in [1.54, 1.807) is 0 Å². The molecule has 1 heterocycles. The fraction of sp³-hybridized carbons (Fsp3) is 1.00. The van der Waals surface area contributed by atoms with E-state index in [2.05, 4.69) is 32.6 Å². The summed E-state index contributed by atoms with van der Waals surface area (Å²) >= 11 is 0. The normalized spacial score (nSPS) is 24.6. The van der Waals surface area contributed by atoms with E-state index in [-0.39, 0.29) is 0 Å². The van der Waals surface area contributed by atoms with Gasteiger partial charge in [-0.05, 0) is 45.1 Å². The van der Waals surface area contributed by atoms with Crippen molar-refractivity contribution in [1.82, 2.24) is 4.90 Å². The molecule has 1 saturated heterocycles. The lowest BCUT2D eigenvalue weighted by atomic mass is 9.86. The molecule has 0 aromatic carbocycles. The molecular formula is C14H29N. The van der Waals surface area contributed by atoms with Gasteiger partial charge < -0.3 is 4.90 Å². The zero-order valence-electron chi connectivity index (χ0n) is 11.2. The number of hydrogen-bond donors (Lipinski definition) is 0. The van der Waals surface area contributed by atoms with Crippen molar-refractivity contribution in [3.8, 4) is 0 Å². The molecule has 0 aromatic heterocycles. The second kappa shape index (κ2) is 5.89. The summed E-state index contributed by atoms with van der Waals surface area (Å²) in [6.07, 6.45) is 8.73. The average molecular weight is 211 g/mol. The summed E-state index contributed by atoms with van der Waals surface area (Å²) in [5.41, 5.74) is 0.768. The summed E-state index contributed by atoms with van der Waals surface area (Å²) in [7, 11) is 0. The van der Waals surface area contributed by atoms with Gasteiger partial charge in [-0.2, -0.15) is 0 Å². The van der Waals surface area contributed by atoms with Crippen LogP contribution in [0.25, 0.3) is 0 Å². The average Bonchev–Trinajstić information content (AvgIpc) is 2.79. The van der Waals surface area contributed by atoms with Gasteiger partial charge in [0.25, 0.3) is 0 Å². The van der Waals surface area contributed by atoms with Crippen LogP contribution >= 0.6 is 0 Å². The molecule has 2 fully saturated rings. The van der Waals surface area contributed by atoms with Crippen LogP contribution in [0.4, 0.5) is 0 Å². The molecule has 0 unspecified atom stereocenters. The Morgan fingerprint density at radius 3 is 2.00 bits per heavy atom. The standard InChI is InChI=1S/C11H21N.C3H8/c1-10(2)12-8-7-11(9-12)5-3-4-6-11;1-3-2/h10H,3-9H2,1-2H3;3H2,1-2H3. The zero-order chi connectivity index (χ0) is 11.3. The van der Waals surface area contributed by atoms with E-state index in [0.29, 0.717) is 0 Å². The summed E-state index contributed by atoms with van der Waals surface area (Å²) in [6.45, 7) is 11.7. The molecule has 0 N–H and O–H groups in total. The van der Waals surface area contributed by atoms with E-state index >= 15 is 0 Å². The minimum absolute atomic E-state index is 0.768. The van der Waals surface area contributed by atoms with Crippen molar-refractivity contribution < 1.29 is 0 Å². The van der Waals surface area contributed by atoms with Crippen molar-refractivity contribution in [2.24, 2.45) is 5.41 Å². The van der Waals surface area contributed by atoms with Gasteiger partial charge in [0.15, 0.2) is 0 Å². The molecule has 1 aliphatic heterocycles. The summed E-state index contributed by atoms with van der Waals surface area (Å²) in [6, 6.07) is 0.768. The maximum Gasteiger partial charge on any atom is 0.00412 e. The van der Waals surface area contributed by atoms with Crippen molar-refractivity contribution in [1.29, 1.82) is 0 Å². The third-order valence-electron chi connectivity index (χ3n) is 3.86. The third kappa shape index (κ3) is 3.48. The van der Waals surface area contributed by atoms with E-state index in [0.717, 1.165) is 11.5 Å². The first-order chi connectivity index (χ1) is 7.13. The summed E-state index contributed by atoms with van der Waals surface area (Å²) in [4.78, 5) is 2.66. The Hall–Kier alpha value is -0.0400. The third-order valence-corrected chi connectivity index (χ3v) is 3.86. The number of nitrogens with zero attached hydrogens (tertiary/aromatic N) is 1. The SMILES string of the molecule is CC(C)N1CCC2(CCCC2)C1.CCC. The molecule has 0 amide bonds. The van der Waals surface area contributed by atoms with E-state index in [9.17, 15) is 0 Å². The quantitative estimate of drug-likeness (QED) is 0.632. The lowest BCUT2D eigenvalue weighted by Gasteiger charge is -2.25. The van der Waals surface area contributed by atoms with Gasteiger partial charge in [-0.15, -0.1) is 0 Å². The second-order valence-electron chi connectivity index (χ2n) is 5.73. The fourth-order valence-corrected chi connectivity index (χ4v) is 2.94. The molecule has 1 heteroatoms. The molecule has 0 atom stereocenters. The molecule has 1 spiro atoms. The van der Waals surface area contributed by atoms with Crippen molar-refractivity contribution in [2.45, 2.75) is 72.3 Å². The van der Waals surface area contributed by atoms with Gasteiger partial charge >= 0.3 is 0 Å². The van der Waals surface area contributed by atoms with Crippen LogP contribution in [0.3, 0.4) is 0 Å². The molecule has 1 saturated carbocycles. The minimum atomic E-state index is 0.768. The highest BCUT2D eigenvalue weighted by molar-refractivity contribution is 4.93. The van der Waals surface area contributed by atoms with Gasteiger partial charge in [-0.3, -0.25) is 0 Å². The van der Waals surface area contributed by atoms with Crippen LogP contribution < -0.4 is 0 Å². The maximum absolute atomic E-state index is 2.66. The van der Waals surface area contributed by atoms with Gasteiger partial charge in [0.05, 0.1) is 0 Å². The topological polar surface area (TPSA) is 3.24 Å². The molecule has 15 heavy (non-hydrogen) atoms. The Morgan fingerprint density at radius 2 is 1.60 bits per heavy atom. The molecule has 2 rings (SSSR count). The Bertz CT molecular complexity index is 168. The van der Waals surface area contributed by atoms with Gasteiger partial charge in [0.2, 0.25) is 0 Å². The van der Waals surface area contributed by atoms with Crippen molar-refractivity contribution in [2.75, 3.05) is 13.1 Å². The van der Waals surface area contributed by atoms with Crippen molar-refractivity contribution >= 4 is 0 Å². The monoisotopic (exact) mass is 211 g/mol.